The van der Waals surface area contributed by atoms with Crippen LogP contribution in [0.1, 0.15) is 245 Å². The van der Waals surface area contributed by atoms with E-state index in [-0.39, 0.29) is 31.1 Å². The minimum Gasteiger partial charge on any atom is -0.462 e. The summed E-state index contributed by atoms with van der Waals surface area (Å²) in [6.07, 6.45) is 86.9. The molecule has 0 aliphatic heterocycles. The molecule has 0 saturated carbocycles. The van der Waals surface area contributed by atoms with E-state index >= 15 is 0 Å². The highest BCUT2D eigenvalue weighted by Crippen LogP contribution is 2.14. The molecule has 0 rings (SSSR count). The van der Waals surface area contributed by atoms with E-state index in [1.807, 2.05) is 0 Å². The molecule has 0 fully saturated rings. The maximum atomic E-state index is 12.9. The highest BCUT2D eigenvalue weighted by atomic mass is 16.6. The first-order valence-corrected chi connectivity index (χ1v) is 29.8. The molecule has 0 saturated heterocycles. The van der Waals surface area contributed by atoms with Crippen LogP contribution in [0.15, 0.2) is 146 Å². The second-order valence-corrected chi connectivity index (χ2v) is 19.1. The summed E-state index contributed by atoms with van der Waals surface area (Å²) in [4.78, 5) is 38.2. The van der Waals surface area contributed by atoms with Gasteiger partial charge < -0.3 is 14.2 Å². The van der Waals surface area contributed by atoms with Crippen LogP contribution < -0.4 is 0 Å². The van der Waals surface area contributed by atoms with Gasteiger partial charge in [-0.05, 0) is 135 Å². The van der Waals surface area contributed by atoms with E-state index in [9.17, 15) is 14.4 Å². The quantitative estimate of drug-likeness (QED) is 0.0261. The van der Waals surface area contributed by atoms with Crippen LogP contribution in [0.5, 0.6) is 0 Å². The lowest BCUT2D eigenvalue weighted by Crippen LogP contribution is -2.30. The van der Waals surface area contributed by atoms with E-state index in [1.165, 1.54) is 38.5 Å². The third-order valence-electron chi connectivity index (χ3n) is 12.1. The van der Waals surface area contributed by atoms with Crippen molar-refractivity contribution in [2.24, 2.45) is 0 Å². The van der Waals surface area contributed by atoms with Crippen LogP contribution in [-0.4, -0.2) is 37.2 Å². The average molecular weight is 1020 g/mol. The van der Waals surface area contributed by atoms with Gasteiger partial charge in [0.1, 0.15) is 13.2 Å². The van der Waals surface area contributed by atoms with Gasteiger partial charge in [-0.2, -0.15) is 0 Å². The number of rotatable bonds is 52. The Bertz CT molecular complexity index is 1640. The van der Waals surface area contributed by atoms with E-state index in [0.29, 0.717) is 19.3 Å². The molecule has 0 bridgehead atoms. The number of unbranched alkanes of at least 4 members (excludes halogenated alkanes) is 17. The van der Waals surface area contributed by atoms with Crippen LogP contribution in [0, 0.1) is 0 Å². The van der Waals surface area contributed by atoms with Crippen molar-refractivity contribution in [2.45, 2.75) is 252 Å². The van der Waals surface area contributed by atoms with E-state index in [1.54, 1.807) is 0 Å². The maximum Gasteiger partial charge on any atom is 0.306 e. The first-order chi connectivity index (χ1) is 36.5. The molecule has 0 aromatic rings. The van der Waals surface area contributed by atoms with Gasteiger partial charge in [-0.15, -0.1) is 0 Å². The second-order valence-electron chi connectivity index (χ2n) is 19.1. The van der Waals surface area contributed by atoms with Crippen LogP contribution in [0.2, 0.25) is 0 Å². The number of carbonyl (C=O) groups is 3. The molecule has 0 heterocycles. The summed E-state index contributed by atoms with van der Waals surface area (Å²) in [5, 5.41) is 0. The number of hydrogen-bond donors (Lipinski definition) is 0. The van der Waals surface area contributed by atoms with Crippen molar-refractivity contribution in [3.8, 4) is 0 Å². The van der Waals surface area contributed by atoms with E-state index < -0.39 is 6.10 Å². The molecule has 416 valence electrons. The van der Waals surface area contributed by atoms with Gasteiger partial charge in [0.2, 0.25) is 0 Å². The largest absolute Gasteiger partial charge is 0.462 e. The minimum atomic E-state index is -0.811. The zero-order chi connectivity index (χ0) is 53.6. The Hall–Kier alpha value is -4.71. The summed E-state index contributed by atoms with van der Waals surface area (Å²) in [6, 6.07) is 0. The molecular weight excluding hydrogens is 913 g/mol. The highest BCUT2D eigenvalue weighted by Gasteiger charge is 2.19. The van der Waals surface area contributed by atoms with Crippen molar-refractivity contribution >= 4 is 17.9 Å². The SMILES string of the molecule is CC/C=C\C/C=C\C/C=C\C/C=C\C/C=C\C/C=C\C/C=C\CCCCCC(=O)OCC(COC(=O)CCCCCCC/C=C\C/C=C\CCCC)OC(=O)CCCCCCCCC/C=C\C/C=C\C/C=C\CC. The van der Waals surface area contributed by atoms with Crippen LogP contribution >= 0.6 is 0 Å². The Morgan fingerprint density at radius 1 is 0.284 bits per heavy atom. The lowest BCUT2D eigenvalue weighted by atomic mass is 10.1. The van der Waals surface area contributed by atoms with Gasteiger partial charge in [0, 0.05) is 19.3 Å². The normalized spacial score (nSPS) is 13.2. The topological polar surface area (TPSA) is 78.9 Å². The molecule has 0 radical (unpaired) electrons. The Labute approximate surface area is 455 Å². The Morgan fingerprint density at radius 3 is 0.838 bits per heavy atom. The predicted molar refractivity (Wildman–Crippen MR) is 320 cm³/mol. The number of esters is 3. The van der Waals surface area contributed by atoms with Gasteiger partial charge >= 0.3 is 17.9 Å². The second kappa shape index (κ2) is 60.8. The molecule has 74 heavy (non-hydrogen) atoms. The van der Waals surface area contributed by atoms with Crippen molar-refractivity contribution in [1.82, 2.24) is 0 Å². The summed E-state index contributed by atoms with van der Waals surface area (Å²) >= 11 is 0. The summed E-state index contributed by atoms with van der Waals surface area (Å²) in [5.41, 5.74) is 0. The fourth-order valence-corrected chi connectivity index (χ4v) is 7.63. The van der Waals surface area contributed by atoms with Crippen molar-refractivity contribution in [2.75, 3.05) is 13.2 Å². The zero-order valence-electron chi connectivity index (χ0n) is 47.5. The maximum absolute atomic E-state index is 12.9. The molecule has 0 aromatic heterocycles. The van der Waals surface area contributed by atoms with Crippen molar-refractivity contribution in [3.05, 3.63) is 146 Å². The molecule has 0 spiro atoms. The smallest absolute Gasteiger partial charge is 0.306 e. The van der Waals surface area contributed by atoms with Crippen molar-refractivity contribution in [1.29, 1.82) is 0 Å². The van der Waals surface area contributed by atoms with Crippen molar-refractivity contribution < 1.29 is 28.6 Å². The molecule has 6 nitrogen and oxygen atoms in total. The van der Waals surface area contributed by atoms with Crippen molar-refractivity contribution in [3.63, 3.8) is 0 Å². The van der Waals surface area contributed by atoms with E-state index in [2.05, 4.69) is 167 Å². The fraction of sp³-hybridized carbons (Fsp3) is 0.603. The summed E-state index contributed by atoms with van der Waals surface area (Å²) in [7, 11) is 0. The van der Waals surface area contributed by atoms with E-state index in [0.717, 1.165) is 167 Å². The van der Waals surface area contributed by atoms with Gasteiger partial charge in [0.05, 0.1) is 0 Å². The number of ether oxygens (including phenoxy) is 3. The number of allylic oxidation sites excluding steroid dienone is 24. The fourth-order valence-electron chi connectivity index (χ4n) is 7.63. The van der Waals surface area contributed by atoms with Gasteiger partial charge in [-0.3, -0.25) is 14.4 Å². The number of hydrogen-bond acceptors (Lipinski definition) is 6. The highest BCUT2D eigenvalue weighted by molar-refractivity contribution is 5.71. The lowest BCUT2D eigenvalue weighted by Gasteiger charge is -2.18. The molecule has 0 aliphatic carbocycles. The summed E-state index contributed by atoms with van der Waals surface area (Å²) in [5.74, 6) is -0.967. The minimum absolute atomic E-state index is 0.106. The molecule has 1 atom stereocenters. The Kier molecular flexibility index (Phi) is 57.0. The van der Waals surface area contributed by atoms with Gasteiger partial charge in [0.15, 0.2) is 6.10 Å². The monoisotopic (exact) mass is 1020 g/mol. The molecule has 1 unspecified atom stereocenters. The van der Waals surface area contributed by atoms with Crippen LogP contribution in [-0.2, 0) is 28.6 Å². The van der Waals surface area contributed by atoms with E-state index in [4.69, 9.17) is 14.2 Å². The van der Waals surface area contributed by atoms with Crippen LogP contribution in [0.4, 0.5) is 0 Å². The first-order valence-electron chi connectivity index (χ1n) is 29.8. The third kappa shape index (κ3) is 58.2. The summed E-state index contributed by atoms with van der Waals surface area (Å²) < 4.78 is 16.8. The third-order valence-corrected chi connectivity index (χ3v) is 12.1. The van der Waals surface area contributed by atoms with Gasteiger partial charge in [0.25, 0.3) is 0 Å². The Morgan fingerprint density at radius 2 is 0.527 bits per heavy atom. The molecule has 0 aliphatic rings. The number of carbonyl (C=O) groups excluding carboxylic acids is 3. The molecule has 0 aromatic carbocycles. The Balaban J connectivity index is 4.48. The molecule has 0 N–H and O–H groups in total. The molecular formula is C68H108O6. The zero-order valence-corrected chi connectivity index (χ0v) is 47.5. The van der Waals surface area contributed by atoms with Gasteiger partial charge in [-0.25, -0.2) is 0 Å². The molecule has 0 amide bonds. The average Bonchev–Trinajstić information content (AvgIpc) is 3.40. The lowest BCUT2D eigenvalue weighted by molar-refractivity contribution is -0.167. The molecule has 6 heteroatoms. The van der Waals surface area contributed by atoms with Crippen LogP contribution in [0.3, 0.4) is 0 Å². The predicted octanol–water partition coefficient (Wildman–Crippen LogP) is 20.4. The van der Waals surface area contributed by atoms with Gasteiger partial charge in [-0.1, -0.05) is 237 Å². The standard InChI is InChI=1S/C68H108O6/c1-4-7-10-13-16-19-22-25-28-30-31-32-33-34-35-36-37-39-40-43-46-49-52-55-58-61-67(70)73-64-65(63-72-66(69)60-57-54-51-48-45-42-27-24-21-18-15-12-9-6-3)74-68(71)62-59-56-53-50-47-44-41-38-29-26-23-20-17-14-11-8-5-2/h7-8,10-11,15-20,24-29,31-32,34-35,37,39,43,46,65H,4-6,9,12-14,21-23,30,33,36,38,40-42,44-45,47-64H2,1-3H3/b10-7-,11-8-,18-15-,19-16-,20-17-,27-24-,28-25-,29-26-,32-31-,35-34-,39-37-,46-43-. The first kappa shape index (κ1) is 69.3. The van der Waals surface area contributed by atoms with Crippen LogP contribution in [0.25, 0.3) is 0 Å². The summed E-state index contributed by atoms with van der Waals surface area (Å²) in [6.45, 7) is 6.32.